The SMILES string of the molecule is CCN(c1cccc(C)c1)c1ncc(C(=O)N2CCN(C)CC2)cn1. The molecule has 1 saturated heterocycles. The van der Waals surface area contributed by atoms with Crippen molar-refractivity contribution in [3.8, 4) is 0 Å². The van der Waals surface area contributed by atoms with Crippen LogP contribution in [0.5, 0.6) is 0 Å². The maximum Gasteiger partial charge on any atom is 0.257 e. The molecular formula is C19H25N5O. The zero-order valence-electron chi connectivity index (χ0n) is 15.1. The van der Waals surface area contributed by atoms with E-state index in [4.69, 9.17) is 0 Å². The first kappa shape index (κ1) is 17.4. The lowest BCUT2D eigenvalue weighted by molar-refractivity contribution is 0.0663. The van der Waals surface area contributed by atoms with E-state index < -0.39 is 0 Å². The van der Waals surface area contributed by atoms with Crippen molar-refractivity contribution in [1.29, 1.82) is 0 Å². The van der Waals surface area contributed by atoms with Crippen LogP contribution in [0.2, 0.25) is 0 Å². The molecule has 0 unspecified atom stereocenters. The molecule has 6 nitrogen and oxygen atoms in total. The highest BCUT2D eigenvalue weighted by Crippen LogP contribution is 2.22. The Hall–Kier alpha value is -2.47. The Morgan fingerprint density at radius 1 is 1.16 bits per heavy atom. The summed E-state index contributed by atoms with van der Waals surface area (Å²) in [5.41, 5.74) is 2.80. The highest BCUT2D eigenvalue weighted by atomic mass is 16.2. The fourth-order valence-electron chi connectivity index (χ4n) is 3.00. The molecule has 0 radical (unpaired) electrons. The van der Waals surface area contributed by atoms with Crippen LogP contribution in [-0.4, -0.2) is 65.4 Å². The quantitative estimate of drug-likeness (QED) is 0.856. The molecular weight excluding hydrogens is 314 g/mol. The van der Waals surface area contributed by atoms with Gasteiger partial charge in [0.1, 0.15) is 0 Å². The molecule has 0 N–H and O–H groups in total. The van der Waals surface area contributed by atoms with Gasteiger partial charge < -0.3 is 14.7 Å². The smallest absolute Gasteiger partial charge is 0.257 e. The lowest BCUT2D eigenvalue weighted by Gasteiger charge is -2.32. The number of aryl methyl sites for hydroxylation is 1. The van der Waals surface area contributed by atoms with Crippen molar-refractivity contribution in [1.82, 2.24) is 19.8 Å². The Morgan fingerprint density at radius 3 is 2.44 bits per heavy atom. The van der Waals surface area contributed by atoms with E-state index in [9.17, 15) is 4.79 Å². The van der Waals surface area contributed by atoms with Crippen LogP contribution >= 0.6 is 0 Å². The van der Waals surface area contributed by atoms with Gasteiger partial charge in [0.25, 0.3) is 5.91 Å². The predicted octanol–water partition coefficient (Wildman–Crippen LogP) is 2.33. The molecule has 2 heterocycles. The average Bonchev–Trinajstić information content (AvgIpc) is 2.63. The third kappa shape index (κ3) is 3.96. The summed E-state index contributed by atoms with van der Waals surface area (Å²) in [7, 11) is 2.07. The standard InChI is InChI=1S/C19H25N5O/c1-4-24(17-7-5-6-15(2)12-17)19-20-13-16(14-21-19)18(25)23-10-8-22(3)9-11-23/h5-7,12-14H,4,8-11H2,1-3H3. The van der Waals surface area contributed by atoms with Crippen LogP contribution in [0.15, 0.2) is 36.7 Å². The lowest BCUT2D eigenvalue weighted by Crippen LogP contribution is -2.47. The summed E-state index contributed by atoms with van der Waals surface area (Å²) in [5.74, 6) is 0.626. The zero-order chi connectivity index (χ0) is 17.8. The summed E-state index contributed by atoms with van der Waals surface area (Å²) in [6.45, 7) is 8.20. The lowest BCUT2D eigenvalue weighted by atomic mass is 10.2. The number of benzene rings is 1. The second kappa shape index (κ2) is 7.61. The number of hydrogen-bond donors (Lipinski definition) is 0. The number of carbonyl (C=O) groups is 1. The maximum atomic E-state index is 12.6. The zero-order valence-corrected chi connectivity index (χ0v) is 15.1. The molecule has 0 atom stereocenters. The summed E-state index contributed by atoms with van der Waals surface area (Å²) < 4.78 is 0. The van der Waals surface area contributed by atoms with E-state index in [1.54, 1.807) is 12.4 Å². The van der Waals surface area contributed by atoms with Gasteiger partial charge in [-0.1, -0.05) is 12.1 Å². The van der Waals surface area contributed by atoms with Crippen molar-refractivity contribution in [2.45, 2.75) is 13.8 Å². The van der Waals surface area contributed by atoms with E-state index in [-0.39, 0.29) is 5.91 Å². The summed E-state index contributed by atoms with van der Waals surface area (Å²) in [6.07, 6.45) is 3.28. The highest BCUT2D eigenvalue weighted by Gasteiger charge is 2.21. The van der Waals surface area contributed by atoms with Crippen LogP contribution in [0.4, 0.5) is 11.6 Å². The minimum absolute atomic E-state index is 0.0123. The second-order valence-electron chi connectivity index (χ2n) is 6.45. The molecule has 0 bridgehead atoms. The van der Waals surface area contributed by atoms with Gasteiger partial charge in [-0.15, -0.1) is 0 Å². The number of aromatic nitrogens is 2. The molecule has 1 fully saturated rings. The predicted molar refractivity (Wildman–Crippen MR) is 99.3 cm³/mol. The Balaban J connectivity index is 1.76. The first-order chi connectivity index (χ1) is 12.1. The van der Waals surface area contributed by atoms with Crippen LogP contribution in [0, 0.1) is 6.92 Å². The van der Waals surface area contributed by atoms with E-state index in [1.165, 1.54) is 5.56 Å². The van der Waals surface area contributed by atoms with E-state index in [0.29, 0.717) is 11.5 Å². The molecule has 6 heteroatoms. The van der Waals surface area contributed by atoms with Crippen molar-refractivity contribution in [2.24, 2.45) is 0 Å². The molecule has 3 rings (SSSR count). The van der Waals surface area contributed by atoms with Gasteiger partial charge in [0.05, 0.1) is 5.56 Å². The van der Waals surface area contributed by atoms with E-state index in [0.717, 1.165) is 38.4 Å². The number of rotatable bonds is 4. The Kier molecular flexibility index (Phi) is 5.28. The number of hydrogen-bond acceptors (Lipinski definition) is 5. The number of amides is 1. The van der Waals surface area contributed by atoms with Crippen molar-refractivity contribution >= 4 is 17.5 Å². The molecule has 25 heavy (non-hydrogen) atoms. The van der Waals surface area contributed by atoms with Crippen LogP contribution in [-0.2, 0) is 0 Å². The largest absolute Gasteiger partial charge is 0.336 e. The number of likely N-dealkylation sites (N-methyl/N-ethyl adjacent to an activating group) is 1. The third-order valence-electron chi connectivity index (χ3n) is 4.55. The Morgan fingerprint density at radius 2 is 1.84 bits per heavy atom. The first-order valence-corrected chi connectivity index (χ1v) is 8.72. The molecule has 0 spiro atoms. The number of carbonyl (C=O) groups excluding carboxylic acids is 1. The van der Waals surface area contributed by atoms with Gasteiger partial charge in [-0.2, -0.15) is 0 Å². The van der Waals surface area contributed by atoms with Gasteiger partial charge in [0.2, 0.25) is 5.95 Å². The van der Waals surface area contributed by atoms with Gasteiger partial charge in [0, 0.05) is 50.8 Å². The number of anilines is 2. The van der Waals surface area contributed by atoms with Gasteiger partial charge in [0.15, 0.2) is 0 Å². The monoisotopic (exact) mass is 339 g/mol. The second-order valence-corrected chi connectivity index (χ2v) is 6.45. The fourth-order valence-corrected chi connectivity index (χ4v) is 3.00. The summed E-state index contributed by atoms with van der Waals surface area (Å²) >= 11 is 0. The van der Waals surface area contributed by atoms with Gasteiger partial charge in [-0.05, 0) is 38.6 Å². The molecule has 0 aliphatic carbocycles. The van der Waals surface area contributed by atoms with Gasteiger partial charge in [-0.25, -0.2) is 9.97 Å². The van der Waals surface area contributed by atoms with Crippen LogP contribution in [0.1, 0.15) is 22.8 Å². The van der Waals surface area contributed by atoms with Gasteiger partial charge in [-0.3, -0.25) is 4.79 Å². The summed E-state index contributed by atoms with van der Waals surface area (Å²) in [5, 5.41) is 0. The van der Waals surface area contributed by atoms with Crippen molar-refractivity contribution in [2.75, 3.05) is 44.7 Å². The molecule has 2 aromatic rings. The molecule has 1 aromatic heterocycles. The van der Waals surface area contributed by atoms with Crippen molar-refractivity contribution < 1.29 is 4.79 Å². The molecule has 1 aliphatic heterocycles. The van der Waals surface area contributed by atoms with E-state index in [2.05, 4.69) is 47.9 Å². The topological polar surface area (TPSA) is 52.6 Å². The minimum Gasteiger partial charge on any atom is -0.336 e. The van der Waals surface area contributed by atoms with E-state index >= 15 is 0 Å². The molecule has 132 valence electrons. The Labute approximate surface area is 149 Å². The van der Waals surface area contributed by atoms with Crippen LogP contribution in [0.25, 0.3) is 0 Å². The molecule has 1 aliphatic rings. The number of piperazine rings is 1. The molecule has 0 saturated carbocycles. The number of nitrogens with zero attached hydrogens (tertiary/aromatic N) is 5. The first-order valence-electron chi connectivity index (χ1n) is 8.72. The van der Waals surface area contributed by atoms with Gasteiger partial charge >= 0.3 is 0 Å². The van der Waals surface area contributed by atoms with Crippen LogP contribution in [0.3, 0.4) is 0 Å². The van der Waals surface area contributed by atoms with Crippen molar-refractivity contribution in [3.05, 3.63) is 47.8 Å². The fraction of sp³-hybridized carbons (Fsp3) is 0.421. The normalized spacial score (nSPS) is 15.2. The van der Waals surface area contributed by atoms with E-state index in [1.807, 2.05) is 21.9 Å². The Bertz CT molecular complexity index is 723. The highest BCUT2D eigenvalue weighted by molar-refractivity contribution is 5.93. The average molecular weight is 339 g/mol. The molecule has 1 amide bonds. The van der Waals surface area contributed by atoms with Crippen molar-refractivity contribution in [3.63, 3.8) is 0 Å². The molecule has 1 aromatic carbocycles. The summed E-state index contributed by atoms with van der Waals surface area (Å²) in [4.78, 5) is 27.6. The maximum absolute atomic E-state index is 12.6. The minimum atomic E-state index is 0.0123. The third-order valence-corrected chi connectivity index (χ3v) is 4.55. The van der Waals surface area contributed by atoms with Crippen LogP contribution < -0.4 is 4.90 Å². The summed E-state index contributed by atoms with van der Waals surface area (Å²) in [6, 6.07) is 8.24.